The van der Waals surface area contributed by atoms with Gasteiger partial charge in [0.1, 0.15) is 0 Å². The summed E-state index contributed by atoms with van der Waals surface area (Å²) < 4.78 is 27.9. The molecule has 2 aromatic rings. The fraction of sp³-hybridized carbons (Fsp3) is 0.222. The molecule has 0 radical (unpaired) electrons. The molecule has 0 aliphatic heterocycles. The second kappa shape index (κ2) is 6.80. The maximum absolute atomic E-state index is 12.8. The Morgan fingerprint density at radius 2 is 1.81 bits per heavy atom. The molecule has 0 spiro atoms. The summed E-state index contributed by atoms with van der Waals surface area (Å²) in [4.78, 5) is 23.3. The Labute approximate surface area is 151 Å². The first-order chi connectivity index (χ1) is 12.3. The summed E-state index contributed by atoms with van der Waals surface area (Å²) in [5, 5.41) is 11.9. The minimum Gasteiger partial charge on any atom is -0.478 e. The third kappa shape index (κ3) is 3.85. The van der Waals surface area contributed by atoms with Gasteiger partial charge >= 0.3 is 5.97 Å². The molecule has 0 bridgehead atoms. The quantitative estimate of drug-likeness (QED) is 0.719. The standard InChI is InChI=1S/C18H18N2O5S/c1-11-6-7-12(18(22)23)10-16(11)26(24,25)20-15-5-3-2-4-14(15)17(21)19-13-8-9-13/h2-7,10,13,20H,8-9H2,1H3,(H,19,21)(H,22,23). The summed E-state index contributed by atoms with van der Waals surface area (Å²) in [6, 6.07) is 10.3. The molecule has 3 N–H and O–H groups in total. The van der Waals surface area contributed by atoms with Gasteiger partial charge in [-0.15, -0.1) is 0 Å². The Morgan fingerprint density at radius 1 is 1.12 bits per heavy atom. The van der Waals surface area contributed by atoms with Gasteiger partial charge in [-0.25, -0.2) is 13.2 Å². The first-order valence-corrected chi connectivity index (χ1v) is 9.53. The number of aryl methyl sites for hydroxylation is 1. The van der Waals surface area contributed by atoms with E-state index in [0.717, 1.165) is 18.9 Å². The highest BCUT2D eigenvalue weighted by atomic mass is 32.2. The summed E-state index contributed by atoms with van der Waals surface area (Å²) >= 11 is 0. The lowest BCUT2D eigenvalue weighted by molar-refractivity contribution is 0.0696. The number of carbonyl (C=O) groups is 2. The highest BCUT2D eigenvalue weighted by Crippen LogP contribution is 2.25. The molecule has 8 heteroatoms. The van der Waals surface area contributed by atoms with E-state index >= 15 is 0 Å². The zero-order valence-corrected chi connectivity index (χ0v) is 14.8. The van der Waals surface area contributed by atoms with Crippen molar-refractivity contribution in [2.24, 2.45) is 0 Å². The van der Waals surface area contributed by atoms with Crippen molar-refractivity contribution in [3.8, 4) is 0 Å². The van der Waals surface area contributed by atoms with E-state index in [1.54, 1.807) is 19.1 Å². The molecule has 3 rings (SSSR count). The number of benzene rings is 2. The molecule has 1 aliphatic rings. The van der Waals surface area contributed by atoms with E-state index in [2.05, 4.69) is 10.0 Å². The summed E-state index contributed by atoms with van der Waals surface area (Å²) in [7, 11) is -4.06. The number of nitrogens with one attached hydrogen (secondary N) is 2. The maximum Gasteiger partial charge on any atom is 0.335 e. The Kier molecular flexibility index (Phi) is 4.69. The zero-order chi connectivity index (χ0) is 18.9. The molecular formula is C18H18N2O5S. The summed E-state index contributed by atoms with van der Waals surface area (Å²) in [6.45, 7) is 1.58. The number of rotatable bonds is 6. The number of hydrogen-bond donors (Lipinski definition) is 3. The molecule has 0 aromatic heterocycles. The summed E-state index contributed by atoms with van der Waals surface area (Å²) in [5.41, 5.74) is 0.638. The first kappa shape index (κ1) is 17.9. The van der Waals surface area contributed by atoms with Gasteiger partial charge < -0.3 is 10.4 Å². The Bertz CT molecular complexity index is 981. The van der Waals surface area contributed by atoms with Crippen LogP contribution in [0.3, 0.4) is 0 Å². The van der Waals surface area contributed by atoms with E-state index in [-0.39, 0.29) is 33.7 Å². The minimum absolute atomic E-state index is 0.129. The first-order valence-electron chi connectivity index (χ1n) is 8.04. The predicted molar refractivity (Wildman–Crippen MR) is 95.9 cm³/mol. The average Bonchev–Trinajstić information content (AvgIpc) is 3.38. The Morgan fingerprint density at radius 3 is 2.46 bits per heavy atom. The smallest absolute Gasteiger partial charge is 0.335 e. The molecule has 0 heterocycles. The van der Waals surface area contributed by atoms with Crippen molar-refractivity contribution in [2.45, 2.75) is 30.7 Å². The normalized spacial score (nSPS) is 13.9. The van der Waals surface area contributed by atoms with Crippen LogP contribution in [0.15, 0.2) is 47.4 Å². The van der Waals surface area contributed by atoms with Crippen LogP contribution in [-0.4, -0.2) is 31.4 Å². The third-order valence-electron chi connectivity index (χ3n) is 4.05. The minimum atomic E-state index is -4.06. The molecule has 1 saturated carbocycles. The van der Waals surface area contributed by atoms with Crippen LogP contribution in [0.5, 0.6) is 0 Å². The second-order valence-corrected chi connectivity index (χ2v) is 7.84. The van der Waals surface area contributed by atoms with Crippen LogP contribution in [-0.2, 0) is 10.0 Å². The van der Waals surface area contributed by atoms with Crippen molar-refractivity contribution in [2.75, 3.05) is 4.72 Å². The van der Waals surface area contributed by atoms with Gasteiger partial charge in [0.2, 0.25) is 0 Å². The summed E-state index contributed by atoms with van der Waals surface area (Å²) in [6.07, 6.45) is 1.83. The van der Waals surface area contributed by atoms with Gasteiger partial charge in [-0.05, 0) is 49.6 Å². The SMILES string of the molecule is Cc1ccc(C(=O)O)cc1S(=O)(=O)Nc1ccccc1C(=O)NC1CC1. The van der Waals surface area contributed by atoms with Crippen molar-refractivity contribution in [3.05, 3.63) is 59.2 Å². The fourth-order valence-electron chi connectivity index (χ4n) is 2.48. The lowest BCUT2D eigenvalue weighted by Crippen LogP contribution is -2.27. The molecule has 0 atom stereocenters. The van der Waals surface area contributed by atoms with Gasteiger partial charge in [0.25, 0.3) is 15.9 Å². The van der Waals surface area contributed by atoms with Gasteiger partial charge in [-0.2, -0.15) is 0 Å². The van der Waals surface area contributed by atoms with E-state index in [1.165, 1.54) is 24.3 Å². The van der Waals surface area contributed by atoms with Crippen LogP contribution in [0.25, 0.3) is 0 Å². The van der Waals surface area contributed by atoms with Crippen LogP contribution in [0.1, 0.15) is 39.1 Å². The number of carboxylic acids is 1. The highest BCUT2D eigenvalue weighted by molar-refractivity contribution is 7.92. The molecular weight excluding hydrogens is 356 g/mol. The van der Waals surface area contributed by atoms with Crippen LogP contribution >= 0.6 is 0 Å². The van der Waals surface area contributed by atoms with Gasteiger partial charge in [0, 0.05) is 6.04 Å². The van der Waals surface area contributed by atoms with Gasteiger partial charge in [0.05, 0.1) is 21.7 Å². The average molecular weight is 374 g/mol. The van der Waals surface area contributed by atoms with Crippen LogP contribution in [0.2, 0.25) is 0 Å². The number of hydrogen-bond acceptors (Lipinski definition) is 4. The van der Waals surface area contributed by atoms with E-state index in [0.29, 0.717) is 5.56 Å². The second-order valence-electron chi connectivity index (χ2n) is 6.18. The van der Waals surface area contributed by atoms with Crippen LogP contribution in [0.4, 0.5) is 5.69 Å². The van der Waals surface area contributed by atoms with E-state index in [1.807, 2.05) is 0 Å². The molecule has 136 valence electrons. The van der Waals surface area contributed by atoms with E-state index in [9.17, 15) is 18.0 Å². The molecule has 0 saturated heterocycles. The lowest BCUT2D eigenvalue weighted by Gasteiger charge is -2.14. The Hall–Kier alpha value is -2.87. The number of carboxylic acid groups (broad SMARTS) is 1. The Balaban J connectivity index is 1.94. The lowest BCUT2D eigenvalue weighted by atomic mass is 10.1. The topological polar surface area (TPSA) is 113 Å². The van der Waals surface area contributed by atoms with Gasteiger partial charge in [0.15, 0.2) is 0 Å². The fourth-order valence-corrected chi connectivity index (χ4v) is 3.83. The zero-order valence-electron chi connectivity index (χ0n) is 14.0. The number of anilines is 1. The van der Waals surface area contributed by atoms with Gasteiger partial charge in [-0.3, -0.25) is 9.52 Å². The molecule has 26 heavy (non-hydrogen) atoms. The number of aromatic carboxylic acids is 1. The number of para-hydroxylation sites is 1. The monoisotopic (exact) mass is 374 g/mol. The van der Waals surface area contributed by atoms with Crippen molar-refractivity contribution in [1.29, 1.82) is 0 Å². The molecule has 2 aromatic carbocycles. The molecule has 1 aliphatic carbocycles. The molecule has 1 amide bonds. The maximum atomic E-state index is 12.8. The molecule has 0 unspecified atom stereocenters. The summed E-state index contributed by atoms with van der Waals surface area (Å²) in [5.74, 6) is -1.56. The van der Waals surface area contributed by atoms with Crippen molar-refractivity contribution in [1.82, 2.24) is 5.32 Å². The van der Waals surface area contributed by atoms with Gasteiger partial charge in [-0.1, -0.05) is 18.2 Å². The number of amides is 1. The number of sulfonamides is 1. The molecule has 1 fully saturated rings. The van der Waals surface area contributed by atoms with E-state index in [4.69, 9.17) is 5.11 Å². The largest absolute Gasteiger partial charge is 0.478 e. The number of carbonyl (C=O) groups excluding carboxylic acids is 1. The van der Waals surface area contributed by atoms with Crippen LogP contribution < -0.4 is 10.0 Å². The molecule has 7 nitrogen and oxygen atoms in total. The van der Waals surface area contributed by atoms with Crippen molar-refractivity contribution in [3.63, 3.8) is 0 Å². The third-order valence-corrected chi connectivity index (χ3v) is 5.56. The predicted octanol–water partition coefficient (Wildman–Crippen LogP) is 2.39. The highest BCUT2D eigenvalue weighted by Gasteiger charge is 2.26. The van der Waals surface area contributed by atoms with Crippen molar-refractivity contribution < 1.29 is 23.1 Å². The van der Waals surface area contributed by atoms with E-state index < -0.39 is 16.0 Å². The van der Waals surface area contributed by atoms with Crippen LogP contribution in [0, 0.1) is 6.92 Å². The van der Waals surface area contributed by atoms with Crippen molar-refractivity contribution >= 4 is 27.6 Å².